The quantitative estimate of drug-likeness (QED) is 0.603. The van der Waals surface area contributed by atoms with E-state index in [0.717, 1.165) is 13.1 Å². The highest BCUT2D eigenvalue weighted by Crippen LogP contribution is 2.00. The van der Waals surface area contributed by atoms with Crippen molar-refractivity contribution < 1.29 is 9.53 Å². The first-order valence-corrected chi connectivity index (χ1v) is 4.42. The summed E-state index contributed by atoms with van der Waals surface area (Å²) in [6.07, 6.45) is 0.534. The van der Waals surface area contributed by atoms with Gasteiger partial charge in [0.2, 0.25) is 5.91 Å². The van der Waals surface area contributed by atoms with Gasteiger partial charge in [0.15, 0.2) is 0 Å². The zero-order valence-electron chi connectivity index (χ0n) is 7.43. The Hall–Kier alpha value is -0.610. The minimum Gasteiger partial charge on any atom is -0.375 e. The molecule has 1 amide bonds. The van der Waals surface area contributed by atoms with E-state index in [-0.39, 0.29) is 12.0 Å². The summed E-state index contributed by atoms with van der Waals surface area (Å²) < 4.78 is 5.37. The van der Waals surface area contributed by atoms with Crippen molar-refractivity contribution in [3.8, 4) is 0 Å². The molecule has 4 nitrogen and oxygen atoms in total. The van der Waals surface area contributed by atoms with Gasteiger partial charge in [-0.2, -0.15) is 0 Å². The first-order chi connectivity index (χ1) is 5.83. The molecule has 0 aromatic rings. The van der Waals surface area contributed by atoms with E-state index in [4.69, 9.17) is 4.74 Å². The Morgan fingerprint density at radius 3 is 3.17 bits per heavy atom. The van der Waals surface area contributed by atoms with E-state index < -0.39 is 0 Å². The Balaban J connectivity index is 2.15. The highest BCUT2D eigenvalue weighted by atomic mass is 16.5. The Morgan fingerprint density at radius 1 is 1.75 bits per heavy atom. The summed E-state index contributed by atoms with van der Waals surface area (Å²) in [5.41, 5.74) is 0. The Bertz CT molecular complexity index is 144. The second-order valence-electron chi connectivity index (χ2n) is 2.85. The second-order valence-corrected chi connectivity index (χ2v) is 2.85. The lowest BCUT2D eigenvalue weighted by atomic mass is 10.2. The Kier molecular flexibility index (Phi) is 4.04. The fourth-order valence-corrected chi connectivity index (χ4v) is 1.23. The molecule has 12 heavy (non-hydrogen) atoms. The molecule has 1 atom stereocenters. The molecule has 0 bridgehead atoms. The summed E-state index contributed by atoms with van der Waals surface area (Å²) >= 11 is 0. The van der Waals surface area contributed by atoms with Crippen molar-refractivity contribution in [2.75, 3.05) is 26.2 Å². The van der Waals surface area contributed by atoms with Gasteiger partial charge in [0.05, 0.1) is 19.1 Å². The van der Waals surface area contributed by atoms with Gasteiger partial charge in [0, 0.05) is 19.6 Å². The number of nitrogens with one attached hydrogen (secondary N) is 2. The van der Waals surface area contributed by atoms with E-state index in [1.54, 1.807) is 0 Å². The molecule has 1 heterocycles. The van der Waals surface area contributed by atoms with Crippen LogP contribution in [-0.4, -0.2) is 38.3 Å². The van der Waals surface area contributed by atoms with Crippen molar-refractivity contribution in [2.45, 2.75) is 19.4 Å². The summed E-state index contributed by atoms with van der Waals surface area (Å²) in [6, 6.07) is 0. The fourth-order valence-electron chi connectivity index (χ4n) is 1.23. The van der Waals surface area contributed by atoms with Gasteiger partial charge in [-0.05, 0) is 6.92 Å². The van der Waals surface area contributed by atoms with Gasteiger partial charge in [-0.25, -0.2) is 0 Å². The summed E-state index contributed by atoms with van der Waals surface area (Å²) in [5.74, 6) is 0.0752. The zero-order chi connectivity index (χ0) is 8.81. The van der Waals surface area contributed by atoms with E-state index in [0.29, 0.717) is 19.6 Å². The van der Waals surface area contributed by atoms with Gasteiger partial charge in [0.25, 0.3) is 0 Å². The van der Waals surface area contributed by atoms with Crippen LogP contribution in [0.2, 0.25) is 0 Å². The number of hydrogen-bond acceptors (Lipinski definition) is 3. The van der Waals surface area contributed by atoms with Crippen molar-refractivity contribution in [3.05, 3.63) is 0 Å². The third-order valence-electron chi connectivity index (χ3n) is 1.79. The molecular weight excluding hydrogens is 156 g/mol. The van der Waals surface area contributed by atoms with Crippen molar-refractivity contribution in [1.29, 1.82) is 0 Å². The van der Waals surface area contributed by atoms with Crippen LogP contribution in [0.15, 0.2) is 0 Å². The zero-order valence-corrected chi connectivity index (χ0v) is 7.43. The predicted molar refractivity (Wildman–Crippen MR) is 45.9 cm³/mol. The highest BCUT2D eigenvalue weighted by molar-refractivity contribution is 5.76. The molecular formula is C8H16N2O2. The van der Waals surface area contributed by atoms with Crippen molar-refractivity contribution in [1.82, 2.24) is 10.6 Å². The predicted octanol–water partition coefficient (Wildman–Crippen LogP) is -0.499. The minimum atomic E-state index is 0.0605. The van der Waals surface area contributed by atoms with Gasteiger partial charge in [-0.15, -0.1) is 0 Å². The van der Waals surface area contributed by atoms with Gasteiger partial charge in [-0.1, -0.05) is 0 Å². The fraction of sp³-hybridized carbons (Fsp3) is 0.875. The topological polar surface area (TPSA) is 50.4 Å². The maximum Gasteiger partial charge on any atom is 0.222 e. The van der Waals surface area contributed by atoms with Crippen LogP contribution in [0.4, 0.5) is 0 Å². The number of hydrogen-bond donors (Lipinski definition) is 2. The molecule has 1 fully saturated rings. The summed E-state index contributed by atoms with van der Waals surface area (Å²) in [7, 11) is 0. The molecule has 4 heteroatoms. The average molecular weight is 172 g/mol. The van der Waals surface area contributed by atoms with E-state index in [9.17, 15) is 4.79 Å². The first kappa shape index (κ1) is 9.48. The van der Waals surface area contributed by atoms with Crippen LogP contribution >= 0.6 is 0 Å². The van der Waals surface area contributed by atoms with Crippen LogP contribution in [0, 0.1) is 0 Å². The number of ether oxygens (including phenoxy) is 1. The standard InChI is InChI=1S/C8H16N2O2/c1-2-10-8(11)5-7-6-9-3-4-12-7/h7,9H,2-6H2,1H3,(H,10,11)/t7-/m0/s1. The van der Waals surface area contributed by atoms with Gasteiger partial charge < -0.3 is 15.4 Å². The monoisotopic (exact) mass is 172 g/mol. The molecule has 0 spiro atoms. The first-order valence-electron chi connectivity index (χ1n) is 4.42. The van der Waals surface area contributed by atoms with Crippen LogP contribution in [-0.2, 0) is 9.53 Å². The summed E-state index contributed by atoms with van der Waals surface area (Å²) in [6.45, 7) is 5.00. The summed E-state index contributed by atoms with van der Waals surface area (Å²) in [5, 5.41) is 5.92. The molecule has 0 saturated carbocycles. The van der Waals surface area contributed by atoms with Crippen molar-refractivity contribution in [3.63, 3.8) is 0 Å². The SMILES string of the molecule is CCNC(=O)C[C@H]1CNCCO1. The molecule has 1 rings (SSSR count). The van der Waals surface area contributed by atoms with Crippen LogP contribution in [0.1, 0.15) is 13.3 Å². The van der Waals surface area contributed by atoms with Gasteiger partial charge >= 0.3 is 0 Å². The molecule has 0 aromatic carbocycles. The third-order valence-corrected chi connectivity index (χ3v) is 1.79. The molecule has 0 radical (unpaired) electrons. The largest absolute Gasteiger partial charge is 0.375 e. The van der Waals surface area contributed by atoms with Crippen molar-refractivity contribution >= 4 is 5.91 Å². The lowest BCUT2D eigenvalue weighted by Crippen LogP contribution is -2.41. The molecule has 0 aliphatic carbocycles. The van der Waals surface area contributed by atoms with Crippen LogP contribution in [0.25, 0.3) is 0 Å². The molecule has 70 valence electrons. The number of carbonyl (C=O) groups is 1. The molecule has 1 aliphatic rings. The average Bonchev–Trinajstić information content (AvgIpc) is 2.06. The van der Waals surface area contributed by atoms with Crippen LogP contribution in [0.5, 0.6) is 0 Å². The lowest BCUT2D eigenvalue weighted by Gasteiger charge is -2.22. The van der Waals surface area contributed by atoms with Crippen LogP contribution < -0.4 is 10.6 Å². The number of amides is 1. The van der Waals surface area contributed by atoms with Crippen LogP contribution in [0.3, 0.4) is 0 Å². The second kappa shape index (κ2) is 5.11. The lowest BCUT2D eigenvalue weighted by molar-refractivity contribution is -0.124. The van der Waals surface area contributed by atoms with Crippen molar-refractivity contribution in [2.24, 2.45) is 0 Å². The van der Waals surface area contributed by atoms with E-state index in [1.807, 2.05) is 6.92 Å². The molecule has 1 saturated heterocycles. The molecule has 1 aliphatic heterocycles. The van der Waals surface area contributed by atoms with E-state index in [1.165, 1.54) is 0 Å². The van der Waals surface area contributed by atoms with E-state index >= 15 is 0 Å². The smallest absolute Gasteiger partial charge is 0.222 e. The number of morpholine rings is 1. The van der Waals surface area contributed by atoms with E-state index in [2.05, 4.69) is 10.6 Å². The Morgan fingerprint density at radius 2 is 2.58 bits per heavy atom. The number of rotatable bonds is 3. The van der Waals surface area contributed by atoms with Gasteiger partial charge in [-0.3, -0.25) is 4.79 Å². The minimum absolute atomic E-state index is 0.0605. The Labute approximate surface area is 72.7 Å². The summed E-state index contributed by atoms with van der Waals surface area (Å²) in [4.78, 5) is 11.1. The normalized spacial score (nSPS) is 23.6. The highest BCUT2D eigenvalue weighted by Gasteiger charge is 2.16. The van der Waals surface area contributed by atoms with Gasteiger partial charge in [0.1, 0.15) is 0 Å². The maximum atomic E-state index is 11.1. The molecule has 0 aromatic heterocycles. The maximum absolute atomic E-state index is 11.1. The molecule has 2 N–H and O–H groups in total. The number of carbonyl (C=O) groups excluding carboxylic acids is 1. The third kappa shape index (κ3) is 3.19. The molecule has 0 unspecified atom stereocenters.